The van der Waals surface area contributed by atoms with E-state index >= 15 is 0 Å². The average molecular weight is 309 g/mol. The van der Waals surface area contributed by atoms with Gasteiger partial charge in [-0.3, -0.25) is 4.57 Å². The highest BCUT2D eigenvalue weighted by atomic mass is 32.1. The summed E-state index contributed by atoms with van der Waals surface area (Å²) in [6.45, 7) is -0.345. The van der Waals surface area contributed by atoms with E-state index in [1.165, 1.54) is 18.7 Å². The minimum absolute atomic E-state index is 0.248. The fourth-order valence-electron chi connectivity index (χ4n) is 2.20. The number of hydrogen-bond acceptors (Lipinski definition) is 5. The molecule has 0 bridgehead atoms. The maximum absolute atomic E-state index is 12.9. The molecule has 0 spiro atoms. The van der Waals surface area contributed by atoms with Gasteiger partial charge < -0.3 is 4.90 Å². The summed E-state index contributed by atoms with van der Waals surface area (Å²) in [4.78, 5) is 16.3. The Morgan fingerprint density at radius 2 is 2.14 bits per heavy atom. The molecular weight excluding hydrogens is 296 g/mol. The van der Waals surface area contributed by atoms with E-state index in [2.05, 4.69) is 15.0 Å². The second kappa shape index (κ2) is 5.36. The predicted molar refractivity (Wildman–Crippen MR) is 77.7 cm³/mol. The van der Waals surface area contributed by atoms with E-state index in [1.54, 1.807) is 23.3 Å². The topological polar surface area (TPSA) is 46.8 Å². The van der Waals surface area contributed by atoms with Crippen LogP contribution in [0.4, 0.5) is 14.6 Å². The van der Waals surface area contributed by atoms with Crippen molar-refractivity contribution in [1.29, 1.82) is 0 Å². The largest absolute Gasteiger partial charge is 0.352 e. The lowest BCUT2D eigenvalue weighted by Crippen LogP contribution is -2.21. The first kappa shape index (κ1) is 13.9. The average Bonchev–Trinajstić information content (AvgIpc) is 3.02. The first-order chi connectivity index (χ1) is 10.1. The molecule has 0 saturated heterocycles. The Balaban J connectivity index is 1.93. The summed E-state index contributed by atoms with van der Waals surface area (Å²) in [7, 11) is 1.80. The molecule has 0 aliphatic heterocycles. The van der Waals surface area contributed by atoms with Crippen LogP contribution < -0.4 is 4.90 Å². The van der Waals surface area contributed by atoms with Gasteiger partial charge in [-0.05, 0) is 13.0 Å². The van der Waals surface area contributed by atoms with E-state index < -0.39 is 6.55 Å². The molecule has 0 unspecified atom stereocenters. The Hall–Kier alpha value is -2.09. The third kappa shape index (κ3) is 2.58. The first-order valence-corrected chi connectivity index (χ1v) is 7.10. The molecule has 0 fully saturated rings. The van der Waals surface area contributed by atoms with Gasteiger partial charge in [-0.2, -0.15) is 8.78 Å². The molecule has 3 aromatic heterocycles. The summed E-state index contributed by atoms with van der Waals surface area (Å²) < 4.78 is 26.6. The van der Waals surface area contributed by atoms with Crippen LogP contribution in [-0.4, -0.2) is 26.6 Å². The van der Waals surface area contributed by atoms with E-state index in [-0.39, 0.29) is 6.54 Å². The van der Waals surface area contributed by atoms with Gasteiger partial charge in [-0.1, -0.05) is 0 Å². The van der Waals surface area contributed by atoms with Crippen molar-refractivity contribution >= 4 is 27.4 Å². The summed E-state index contributed by atoms with van der Waals surface area (Å²) >= 11 is 1.58. The molecule has 110 valence electrons. The first-order valence-electron chi connectivity index (χ1n) is 6.28. The number of thiophene rings is 1. The van der Waals surface area contributed by atoms with Crippen molar-refractivity contribution in [2.45, 2.75) is 20.0 Å². The number of imidazole rings is 1. The standard InChI is InChI=1S/C13H13F2N5S/c1-8-5-9-11(17-7-18-12(9)21-8)19(2)6-10-16-3-4-20(10)13(14)15/h3-5,7,13H,6H2,1-2H3. The quantitative estimate of drug-likeness (QED) is 0.742. The Bertz CT molecular complexity index is 767. The Labute approximate surface area is 123 Å². The molecule has 3 rings (SSSR count). The third-order valence-corrected chi connectivity index (χ3v) is 4.09. The summed E-state index contributed by atoms with van der Waals surface area (Å²) in [5.41, 5.74) is 0. The van der Waals surface area contributed by atoms with Gasteiger partial charge in [-0.15, -0.1) is 11.3 Å². The van der Waals surface area contributed by atoms with Gasteiger partial charge in [0.15, 0.2) is 0 Å². The number of halogens is 2. The van der Waals surface area contributed by atoms with Crippen molar-refractivity contribution in [3.63, 3.8) is 0 Å². The Morgan fingerprint density at radius 1 is 1.33 bits per heavy atom. The van der Waals surface area contributed by atoms with Gasteiger partial charge in [0.25, 0.3) is 0 Å². The predicted octanol–water partition coefficient (Wildman–Crippen LogP) is 3.23. The number of hydrogen-bond donors (Lipinski definition) is 0. The number of aromatic nitrogens is 4. The van der Waals surface area contributed by atoms with E-state index in [0.717, 1.165) is 19.7 Å². The molecular formula is C13H13F2N5S. The highest BCUT2D eigenvalue weighted by molar-refractivity contribution is 7.18. The van der Waals surface area contributed by atoms with Crippen molar-refractivity contribution in [3.8, 4) is 0 Å². The van der Waals surface area contributed by atoms with Crippen LogP contribution in [0.5, 0.6) is 0 Å². The molecule has 0 aliphatic rings. The number of anilines is 1. The van der Waals surface area contributed by atoms with Gasteiger partial charge in [0, 0.05) is 24.3 Å². The summed E-state index contributed by atoms with van der Waals surface area (Å²) in [6.07, 6.45) is 4.14. The molecule has 8 heteroatoms. The molecule has 0 aromatic carbocycles. The zero-order valence-corrected chi connectivity index (χ0v) is 12.3. The number of alkyl halides is 2. The number of aryl methyl sites for hydroxylation is 1. The van der Waals surface area contributed by atoms with Crippen LogP contribution in [-0.2, 0) is 6.54 Å². The van der Waals surface area contributed by atoms with Crippen LogP contribution in [0.25, 0.3) is 10.2 Å². The van der Waals surface area contributed by atoms with Crippen LogP contribution in [0.2, 0.25) is 0 Å². The van der Waals surface area contributed by atoms with Gasteiger partial charge >= 0.3 is 6.55 Å². The van der Waals surface area contributed by atoms with Crippen LogP contribution in [0.15, 0.2) is 24.8 Å². The molecule has 3 aromatic rings. The maximum Gasteiger partial charge on any atom is 0.319 e. The fraction of sp³-hybridized carbons (Fsp3) is 0.308. The van der Waals surface area contributed by atoms with Crippen molar-refractivity contribution in [2.24, 2.45) is 0 Å². The maximum atomic E-state index is 12.9. The van der Waals surface area contributed by atoms with E-state index in [1.807, 2.05) is 13.0 Å². The van der Waals surface area contributed by atoms with Gasteiger partial charge in [0.05, 0.1) is 11.9 Å². The smallest absolute Gasteiger partial charge is 0.319 e. The molecule has 0 radical (unpaired) electrons. The second-order valence-electron chi connectivity index (χ2n) is 4.66. The van der Waals surface area contributed by atoms with Gasteiger partial charge in [-0.25, -0.2) is 15.0 Å². The molecule has 21 heavy (non-hydrogen) atoms. The highest BCUT2D eigenvalue weighted by Gasteiger charge is 2.16. The van der Waals surface area contributed by atoms with E-state index in [9.17, 15) is 8.78 Å². The zero-order chi connectivity index (χ0) is 15.0. The normalized spacial score (nSPS) is 11.5. The minimum atomic E-state index is -2.59. The summed E-state index contributed by atoms with van der Waals surface area (Å²) in [5, 5.41) is 0.928. The van der Waals surface area contributed by atoms with Crippen molar-refractivity contribution < 1.29 is 8.78 Å². The van der Waals surface area contributed by atoms with Crippen LogP contribution >= 0.6 is 11.3 Å². The lowest BCUT2D eigenvalue weighted by molar-refractivity contribution is 0.0670. The van der Waals surface area contributed by atoms with Gasteiger partial charge in [0.1, 0.15) is 22.8 Å². The Kier molecular flexibility index (Phi) is 3.54. The van der Waals surface area contributed by atoms with Gasteiger partial charge in [0.2, 0.25) is 0 Å². The van der Waals surface area contributed by atoms with Crippen molar-refractivity contribution in [2.75, 3.05) is 11.9 Å². The van der Waals surface area contributed by atoms with Crippen LogP contribution in [0, 0.1) is 6.92 Å². The molecule has 3 heterocycles. The zero-order valence-electron chi connectivity index (χ0n) is 11.5. The number of nitrogens with zero attached hydrogens (tertiary/aromatic N) is 5. The molecule has 0 atom stereocenters. The molecule has 0 amide bonds. The molecule has 0 saturated carbocycles. The molecule has 0 aliphatic carbocycles. The highest BCUT2D eigenvalue weighted by Crippen LogP contribution is 2.29. The van der Waals surface area contributed by atoms with E-state index in [4.69, 9.17) is 0 Å². The fourth-order valence-corrected chi connectivity index (χ4v) is 3.04. The lowest BCUT2D eigenvalue weighted by atomic mass is 10.3. The Morgan fingerprint density at radius 3 is 2.90 bits per heavy atom. The second-order valence-corrected chi connectivity index (χ2v) is 5.89. The molecule has 0 N–H and O–H groups in total. The van der Waals surface area contributed by atoms with Crippen molar-refractivity contribution in [3.05, 3.63) is 35.5 Å². The minimum Gasteiger partial charge on any atom is -0.352 e. The van der Waals surface area contributed by atoms with Crippen LogP contribution in [0.1, 0.15) is 17.3 Å². The van der Waals surface area contributed by atoms with E-state index in [0.29, 0.717) is 11.6 Å². The molecule has 5 nitrogen and oxygen atoms in total. The summed E-state index contributed by atoms with van der Waals surface area (Å²) in [5.74, 6) is 1.01. The third-order valence-electron chi connectivity index (χ3n) is 3.13. The summed E-state index contributed by atoms with van der Waals surface area (Å²) in [6, 6.07) is 2.01. The van der Waals surface area contributed by atoms with Crippen LogP contribution in [0.3, 0.4) is 0 Å². The number of rotatable bonds is 4. The number of fused-ring (bicyclic) bond motifs is 1. The van der Waals surface area contributed by atoms with Crippen molar-refractivity contribution in [1.82, 2.24) is 19.5 Å². The SMILES string of the molecule is Cc1cc2c(N(C)Cc3nccn3C(F)F)ncnc2s1. The lowest BCUT2D eigenvalue weighted by Gasteiger charge is -2.18. The monoisotopic (exact) mass is 309 g/mol.